The molecule has 5 rings (SSSR count). The zero-order valence-electron chi connectivity index (χ0n) is 18.6. The van der Waals surface area contributed by atoms with Gasteiger partial charge in [0.05, 0.1) is 24.9 Å². The highest BCUT2D eigenvalue weighted by Crippen LogP contribution is 2.59. The third-order valence-corrected chi connectivity index (χ3v) is 7.05. The molecule has 0 spiro atoms. The molecule has 190 valence electrons. The van der Waals surface area contributed by atoms with Crippen LogP contribution >= 0.6 is 0 Å². The number of hydrogen-bond donors (Lipinski definition) is 5. The summed E-state index contributed by atoms with van der Waals surface area (Å²) in [6.07, 6.45) is -4.23. The Balaban J connectivity index is 1.22. The second-order valence-corrected chi connectivity index (χ2v) is 9.10. The summed E-state index contributed by atoms with van der Waals surface area (Å²) in [5.74, 6) is -1.70. The lowest BCUT2D eigenvalue weighted by Gasteiger charge is -2.43. The van der Waals surface area contributed by atoms with Crippen LogP contribution in [-0.4, -0.2) is 99.5 Å². The Morgan fingerprint density at radius 1 is 1.03 bits per heavy atom. The van der Waals surface area contributed by atoms with Gasteiger partial charge in [-0.25, -0.2) is 4.79 Å². The molecule has 11 heteroatoms. The summed E-state index contributed by atoms with van der Waals surface area (Å²) in [5.41, 5.74) is -0.248. The molecule has 11 nitrogen and oxygen atoms in total. The predicted molar refractivity (Wildman–Crippen MR) is 116 cm³/mol. The third kappa shape index (κ3) is 4.39. The van der Waals surface area contributed by atoms with E-state index >= 15 is 0 Å². The van der Waals surface area contributed by atoms with Crippen molar-refractivity contribution in [3.8, 4) is 0 Å². The van der Waals surface area contributed by atoms with E-state index in [0.717, 1.165) is 5.56 Å². The highest BCUT2D eigenvalue weighted by Gasteiger charge is 2.75. The number of aliphatic hydroxyl groups excluding tert-OH is 5. The van der Waals surface area contributed by atoms with Crippen LogP contribution < -0.4 is 0 Å². The van der Waals surface area contributed by atoms with E-state index in [1.54, 1.807) is 12.2 Å². The standard InChI is InChI=1S/C24H28O11/c25-11-24-16-13(17(27)21(24)35-24)8-9-31-22(16)34-23-20(30)19(29)18(28)14(33-23)10-32-15(26)7-6-12-4-2-1-3-5-12/h1-9,13-14,16-23,25,27-30H,10-11H2/b7-6+/t13-,14-,16+,17+,18-,19+,20-,21-,22-,23+,24+/m1/s1. The van der Waals surface area contributed by atoms with Gasteiger partial charge in [0, 0.05) is 12.0 Å². The van der Waals surface area contributed by atoms with Gasteiger partial charge in [0.2, 0.25) is 6.29 Å². The van der Waals surface area contributed by atoms with Gasteiger partial charge in [-0.3, -0.25) is 0 Å². The van der Waals surface area contributed by atoms with E-state index in [0.29, 0.717) is 0 Å². The first-order valence-corrected chi connectivity index (χ1v) is 11.4. The zero-order chi connectivity index (χ0) is 24.7. The minimum absolute atomic E-state index is 0.364. The Labute approximate surface area is 200 Å². The van der Waals surface area contributed by atoms with Crippen molar-refractivity contribution in [3.63, 3.8) is 0 Å². The maximum absolute atomic E-state index is 12.1. The molecule has 3 heterocycles. The van der Waals surface area contributed by atoms with Crippen molar-refractivity contribution in [1.29, 1.82) is 0 Å². The first-order chi connectivity index (χ1) is 16.9. The Hall–Kier alpha value is -2.35. The van der Waals surface area contributed by atoms with Gasteiger partial charge in [0.25, 0.3) is 0 Å². The largest absolute Gasteiger partial charge is 0.472 e. The van der Waals surface area contributed by atoms with Gasteiger partial charge >= 0.3 is 5.97 Å². The fourth-order valence-electron chi connectivity index (χ4n) is 5.10. The monoisotopic (exact) mass is 492 g/mol. The third-order valence-electron chi connectivity index (χ3n) is 7.05. The van der Waals surface area contributed by atoms with Crippen LogP contribution in [-0.2, 0) is 28.5 Å². The average molecular weight is 492 g/mol. The quantitative estimate of drug-likeness (QED) is 0.174. The van der Waals surface area contributed by atoms with Crippen LogP contribution in [0, 0.1) is 11.8 Å². The second-order valence-electron chi connectivity index (χ2n) is 9.10. The summed E-state index contributed by atoms with van der Waals surface area (Å²) >= 11 is 0. The number of carbonyl (C=O) groups excluding carboxylic acids is 1. The molecular weight excluding hydrogens is 464 g/mol. The average Bonchev–Trinajstić information content (AvgIpc) is 3.57. The van der Waals surface area contributed by atoms with Crippen molar-refractivity contribution < 1.29 is 54.0 Å². The summed E-state index contributed by atoms with van der Waals surface area (Å²) in [4.78, 5) is 12.1. The normalized spacial score (nSPS) is 43.9. The number of fused-ring (bicyclic) bond motifs is 3. The fraction of sp³-hybridized carbons (Fsp3) is 0.542. The van der Waals surface area contributed by atoms with Crippen LogP contribution in [0.25, 0.3) is 6.08 Å². The van der Waals surface area contributed by atoms with Gasteiger partial charge in [0.1, 0.15) is 42.7 Å². The van der Waals surface area contributed by atoms with E-state index in [9.17, 15) is 30.3 Å². The first-order valence-electron chi connectivity index (χ1n) is 11.4. The maximum atomic E-state index is 12.1. The highest BCUT2D eigenvalue weighted by atomic mass is 16.8. The Morgan fingerprint density at radius 2 is 1.80 bits per heavy atom. The number of aliphatic hydroxyl groups is 5. The predicted octanol–water partition coefficient (Wildman–Crippen LogP) is -1.33. The summed E-state index contributed by atoms with van der Waals surface area (Å²) < 4.78 is 27.7. The molecular formula is C24H28O11. The summed E-state index contributed by atoms with van der Waals surface area (Å²) in [6.45, 7) is -0.776. The van der Waals surface area contributed by atoms with Gasteiger partial charge in [-0.15, -0.1) is 0 Å². The molecule has 0 amide bonds. The molecule has 5 N–H and O–H groups in total. The molecule has 1 saturated carbocycles. The van der Waals surface area contributed by atoms with Gasteiger partial charge in [0.15, 0.2) is 6.29 Å². The van der Waals surface area contributed by atoms with Crippen LogP contribution in [0.1, 0.15) is 5.56 Å². The second kappa shape index (κ2) is 9.60. The lowest BCUT2D eigenvalue weighted by Crippen LogP contribution is -2.60. The van der Waals surface area contributed by atoms with Crippen molar-refractivity contribution in [2.75, 3.05) is 13.2 Å². The van der Waals surface area contributed by atoms with Crippen molar-refractivity contribution >= 4 is 12.0 Å². The summed E-state index contributed by atoms with van der Waals surface area (Å²) in [7, 11) is 0. The molecule has 35 heavy (non-hydrogen) atoms. The van der Waals surface area contributed by atoms with E-state index in [-0.39, 0.29) is 6.61 Å². The molecule has 1 aliphatic carbocycles. The fourth-order valence-corrected chi connectivity index (χ4v) is 5.10. The zero-order valence-corrected chi connectivity index (χ0v) is 18.6. The topological polar surface area (TPSA) is 168 Å². The molecule has 3 aliphatic heterocycles. The molecule has 3 fully saturated rings. The number of ether oxygens (including phenoxy) is 5. The van der Waals surface area contributed by atoms with Crippen LogP contribution in [0.2, 0.25) is 0 Å². The molecule has 4 aliphatic rings. The lowest BCUT2D eigenvalue weighted by molar-refractivity contribution is -0.344. The van der Waals surface area contributed by atoms with Crippen molar-refractivity contribution in [1.82, 2.24) is 0 Å². The molecule has 0 bridgehead atoms. The molecule has 1 aromatic carbocycles. The minimum Gasteiger partial charge on any atom is -0.472 e. The molecule has 0 aromatic heterocycles. The van der Waals surface area contributed by atoms with Gasteiger partial charge in [-0.1, -0.05) is 30.3 Å². The van der Waals surface area contributed by atoms with Gasteiger partial charge in [-0.05, 0) is 17.7 Å². The molecule has 11 atom stereocenters. The number of benzene rings is 1. The number of hydrogen-bond acceptors (Lipinski definition) is 11. The van der Waals surface area contributed by atoms with Crippen LogP contribution in [0.4, 0.5) is 0 Å². The van der Waals surface area contributed by atoms with Crippen LogP contribution in [0.15, 0.2) is 48.7 Å². The van der Waals surface area contributed by atoms with Gasteiger partial charge < -0.3 is 49.2 Å². The van der Waals surface area contributed by atoms with E-state index < -0.39 is 79.2 Å². The summed E-state index contributed by atoms with van der Waals surface area (Å²) in [5, 5.41) is 51.5. The van der Waals surface area contributed by atoms with Crippen molar-refractivity contribution in [2.24, 2.45) is 11.8 Å². The number of rotatable bonds is 7. The smallest absolute Gasteiger partial charge is 0.330 e. The van der Waals surface area contributed by atoms with E-state index in [4.69, 9.17) is 23.7 Å². The van der Waals surface area contributed by atoms with E-state index in [1.807, 2.05) is 30.3 Å². The molecule has 1 aromatic rings. The van der Waals surface area contributed by atoms with Crippen LogP contribution in [0.5, 0.6) is 0 Å². The first kappa shape index (κ1) is 24.3. The number of esters is 1. The summed E-state index contributed by atoms with van der Waals surface area (Å²) in [6, 6.07) is 9.11. The van der Waals surface area contributed by atoms with Gasteiger partial charge in [-0.2, -0.15) is 0 Å². The van der Waals surface area contributed by atoms with Crippen molar-refractivity contribution in [2.45, 2.75) is 54.8 Å². The molecule has 0 unspecified atom stereocenters. The SMILES string of the molecule is O=C(/C=C/c1ccccc1)OC[C@H]1O[C@@H](O[C@H]2OC=C[C@H]3[C@H](O)[C@H]4O[C@@]4(CO)[C@H]23)[C@H](O)[C@@H](O)[C@@H]1O. The lowest BCUT2D eigenvalue weighted by atomic mass is 9.85. The Bertz CT molecular complexity index is 967. The highest BCUT2D eigenvalue weighted by molar-refractivity contribution is 5.87. The maximum Gasteiger partial charge on any atom is 0.330 e. The number of carbonyl (C=O) groups is 1. The van der Waals surface area contributed by atoms with E-state index in [1.165, 1.54) is 12.3 Å². The van der Waals surface area contributed by atoms with E-state index in [2.05, 4.69) is 0 Å². The van der Waals surface area contributed by atoms with Crippen LogP contribution in [0.3, 0.4) is 0 Å². The molecule has 2 saturated heterocycles. The molecule has 0 radical (unpaired) electrons. The Morgan fingerprint density at radius 3 is 2.54 bits per heavy atom. The van der Waals surface area contributed by atoms with Crippen molar-refractivity contribution in [3.05, 3.63) is 54.3 Å². The number of epoxide rings is 1. The Kier molecular flexibility index (Phi) is 6.68. The minimum atomic E-state index is -1.65.